The predicted molar refractivity (Wildman–Crippen MR) is 87.2 cm³/mol. The van der Waals surface area contributed by atoms with Gasteiger partial charge in [-0.15, -0.1) is 0 Å². The Morgan fingerprint density at radius 1 is 1.18 bits per heavy atom. The van der Waals surface area contributed by atoms with E-state index in [1.165, 1.54) is 6.92 Å². The Bertz CT molecular complexity index is 711. The van der Waals surface area contributed by atoms with Crippen LogP contribution in [0.2, 0.25) is 0 Å². The summed E-state index contributed by atoms with van der Waals surface area (Å²) in [5, 5.41) is 9.54. The molecule has 0 aliphatic rings. The molecule has 0 fully saturated rings. The van der Waals surface area contributed by atoms with Crippen molar-refractivity contribution in [2.75, 3.05) is 6.16 Å². The SMILES string of the molecule is CC(=O)C=C(O)C[P+](=O)Cc1cccc(-c2ccccc2)n1. The third-order valence-electron chi connectivity index (χ3n) is 2.92. The van der Waals surface area contributed by atoms with Gasteiger partial charge in [0.15, 0.2) is 11.9 Å². The zero-order valence-corrected chi connectivity index (χ0v) is 13.2. The molecule has 1 N–H and O–H groups in total. The van der Waals surface area contributed by atoms with Gasteiger partial charge in [0.1, 0.15) is 5.76 Å². The summed E-state index contributed by atoms with van der Waals surface area (Å²) in [5.41, 5.74) is 2.53. The first-order valence-electron chi connectivity index (χ1n) is 6.88. The maximum atomic E-state index is 12.0. The standard InChI is InChI=1S/C17H16NO3P/c1-13(19)10-16(20)12-22(21)11-15-8-5-9-17(18-15)14-6-3-2-4-7-14/h2-10H,11-12H2,1H3/p+1. The number of aliphatic hydroxyl groups is 1. The van der Waals surface area contributed by atoms with E-state index in [-0.39, 0.29) is 23.9 Å². The van der Waals surface area contributed by atoms with Crippen LogP contribution in [-0.4, -0.2) is 22.0 Å². The van der Waals surface area contributed by atoms with Crippen molar-refractivity contribution >= 4 is 13.6 Å². The van der Waals surface area contributed by atoms with Crippen LogP contribution in [0.4, 0.5) is 0 Å². The Morgan fingerprint density at radius 2 is 1.91 bits per heavy atom. The fourth-order valence-electron chi connectivity index (χ4n) is 2.03. The van der Waals surface area contributed by atoms with Crippen LogP contribution in [0.3, 0.4) is 0 Å². The minimum Gasteiger partial charge on any atom is -0.508 e. The average molecular weight is 314 g/mol. The maximum absolute atomic E-state index is 12.0. The molecule has 112 valence electrons. The van der Waals surface area contributed by atoms with E-state index >= 15 is 0 Å². The second kappa shape index (κ2) is 7.62. The van der Waals surface area contributed by atoms with Crippen LogP contribution in [-0.2, 0) is 15.5 Å². The van der Waals surface area contributed by atoms with Gasteiger partial charge in [0.2, 0.25) is 6.16 Å². The Morgan fingerprint density at radius 3 is 2.59 bits per heavy atom. The third-order valence-corrected chi connectivity index (χ3v) is 4.28. The van der Waals surface area contributed by atoms with Gasteiger partial charge in [0.25, 0.3) is 0 Å². The van der Waals surface area contributed by atoms with Crippen molar-refractivity contribution in [3.63, 3.8) is 0 Å². The molecule has 4 nitrogen and oxygen atoms in total. The van der Waals surface area contributed by atoms with E-state index in [4.69, 9.17) is 0 Å². The van der Waals surface area contributed by atoms with Crippen LogP contribution in [0.15, 0.2) is 60.4 Å². The smallest absolute Gasteiger partial charge is 0.353 e. The normalized spacial score (nSPS) is 12.0. The van der Waals surface area contributed by atoms with Gasteiger partial charge in [-0.3, -0.25) is 4.79 Å². The summed E-state index contributed by atoms with van der Waals surface area (Å²) >= 11 is 0. The molecule has 5 heteroatoms. The average Bonchev–Trinajstić information content (AvgIpc) is 2.47. The van der Waals surface area contributed by atoms with Crippen molar-refractivity contribution in [2.24, 2.45) is 0 Å². The Hall–Kier alpha value is -2.32. The quantitative estimate of drug-likeness (QED) is 0.495. The number of nitrogens with zero attached hydrogens (tertiary/aromatic N) is 1. The van der Waals surface area contributed by atoms with Gasteiger partial charge >= 0.3 is 7.80 Å². The van der Waals surface area contributed by atoms with Crippen LogP contribution >= 0.6 is 7.80 Å². The van der Waals surface area contributed by atoms with Crippen molar-refractivity contribution < 1.29 is 14.5 Å². The molecule has 0 amide bonds. The number of carbonyl (C=O) groups excluding carboxylic acids is 1. The number of hydrogen-bond donors (Lipinski definition) is 1. The zero-order valence-electron chi connectivity index (χ0n) is 12.3. The summed E-state index contributed by atoms with van der Waals surface area (Å²) < 4.78 is 12.0. The van der Waals surface area contributed by atoms with E-state index in [2.05, 4.69) is 4.98 Å². The van der Waals surface area contributed by atoms with Gasteiger partial charge in [0.05, 0.1) is 11.4 Å². The van der Waals surface area contributed by atoms with E-state index in [9.17, 15) is 14.5 Å². The number of pyridine rings is 1. The van der Waals surface area contributed by atoms with E-state index in [1.807, 2.05) is 48.5 Å². The summed E-state index contributed by atoms with van der Waals surface area (Å²) in [6, 6.07) is 15.3. The molecule has 2 rings (SSSR count). The Balaban J connectivity index is 2.08. The number of benzene rings is 1. The molecule has 22 heavy (non-hydrogen) atoms. The summed E-state index contributed by atoms with van der Waals surface area (Å²) in [4.78, 5) is 15.4. The fourth-order valence-corrected chi connectivity index (χ4v) is 3.14. The second-order valence-corrected chi connectivity index (χ2v) is 6.52. The second-order valence-electron chi connectivity index (χ2n) is 4.92. The summed E-state index contributed by atoms with van der Waals surface area (Å²) in [6.07, 6.45) is 1.36. The fraction of sp³-hybridized carbons (Fsp3) is 0.176. The van der Waals surface area contributed by atoms with Gasteiger partial charge in [-0.25, -0.2) is 4.98 Å². The molecule has 2 aromatic rings. The highest BCUT2D eigenvalue weighted by Crippen LogP contribution is 2.28. The largest absolute Gasteiger partial charge is 0.508 e. The maximum Gasteiger partial charge on any atom is 0.353 e. The lowest BCUT2D eigenvalue weighted by Gasteiger charge is -2.01. The first-order valence-corrected chi connectivity index (χ1v) is 8.51. The minimum atomic E-state index is -1.69. The highest BCUT2D eigenvalue weighted by Gasteiger charge is 2.20. The number of aliphatic hydroxyl groups excluding tert-OH is 1. The molecule has 1 aromatic carbocycles. The number of hydrogen-bond acceptors (Lipinski definition) is 4. The summed E-state index contributed by atoms with van der Waals surface area (Å²) in [7, 11) is -1.69. The van der Waals surface area contributed by atoms with Crippen molar-refractivity contribution in [1.82, 2.24) is 4.98 Å². The number of allylic oxidation sites excluding steroid dienone is 2. The molecular formula is C17H17NO3P+. The van der Waals surface area contributed by atoms with Crippen molar-refractivity contribution in [1.29, 1.82) is 0 Å². The lowest BCUT2D eigenvalue weighted by atomic mass is 10.1. The van der Waals surface area contributed by atoms with Gasteiger partial charge in [-0.1, -0.05) is 41.0 Å². The van der Waals surface area contributed by atoms with Crippen LogP contribution in [0.5, 0.6) is 0 Å². The molecule has 1 aromatic heterocycles. The number of carbonyl (C=O) groups is 1. The van der Waals surface area contributed by atoms with Crippen LogP contribution in [0, 0.1) is 0 Å². The minimum absolute atomic E-state index is 0.00778. The van der Waals surface area contributed by atoms with Crippen LogP contribution in [0.1, 0.15) is 12.6 Å². The number of aromatic nitrogens is 1. The lowest BCUT2D eigenvalue weighted by Crippen LogP contribution is -1.94. The molecule has 0 bridgehead atoms. The lowest BCUT2D eigenvalue weighted by molar-refractivity contribution is -0.112. The van der Waals surface area contributed by atoms with Gasteiger partial charge in [-0.05, 0) is 19.1 Å². The van der Waals surface area contributed by atoms with Gasteiger partial charge in [0, 0.05) is 11.6 Å². The van der Waals surface area contributed by atoms with Crippen molar-refractivity contribution in [3.05, 3.63) is 66.1 Å². The molecule has 0 saturated carbocycles. The summed E-state index contributed by atoms with van der Waals surface area (Å²) in [5.74, 6) is -0.405. The molecule has 1 atom stereocenters. The zero-order chi connectivity index (χ0) is 15.9. The predicted octanol–water partition coefficient (Wildman–Crippen LogP) is 4.11. The van der Waals surface area contributed by atoms with E-state index in [0.29, 0.717) is 5.69 Å². The highest BCUT2D eigenvalue weighted by atomic mass is 31.1. The molecule has 0 aliphatic heterocycles. The van der Waals surface area contributed by atoms with Gasteiger partial charge < -0.3 is 5.11 Å². The van der Waals surface area contributed by atoms with Gasteiger partial charge in [-0.2, -0.15) is 0 Å². The highest BCUT2D eigenvalue weighted by molar-refractivity contribution is 7.44. The number of ketones is 1. The Labute approximate surface area is 130 Å². The topological polar surface area (TPSA) is 67.3 Å². The van der Waals surface area contributed by atoms with E-state index in [1.54, 1.807) is 0 Å². The monoisotopic (exact) mass is 314 g/mol. The molecule has 1 unspecified atom stereocenters. The van der Waals surface area contributed by atoms with Crippen molar-refractivity contribution in [2.45, 2.75) is 13.1 Å². The molecule has 0 saturated heterocycles. The van der Waals surface area contributed by atoms with E-state index in [0.717, 1.165) is 17.3 Å². The molecular weight excluding hydrogens is 297 g/mol. The first kappa shape index (κ1) is 16.1. The number of rotatable bonds is 6. The van der Waals surface area contributed by atoms with Crippen LogP contribution < -0.4 is 0 Å². The summed E-state index contributed by atoms with van der Waals surface area (Å²) in [6.45, 7) is 1.34. The Kier molecular flexibility index (Phi) is 5.56. The molecule has 0 aliphatic carbocycles. The van der Waals surface area contributed by atoms with E-state index < -0.39 is 7.80 Å². The molecule has 1 heterocycles. The van der Waals surface area contributed by atoms with Crippen LogP contribution in [0.25, 0.3) is 11.3 Å². The molecule has 0 spiro atoms. The molecule has 0 radical (unpaired) electrons. The van der Waals surface area contributed by atoms with Crippen molar-refractivity contribution in [3.8, 4) is 11.3 Å². The third kappa shape index (κ3) is 4.90. The first-order chi connectivity index (χ1) is 10.5.